The minimum absolute atomic E-state index is 0.0842. The van der Waals surface area contributed by atoms with Gasteiger partial charge in [0.25, 0.3) is 5.91 Å². The lowest BCUT2D eigenvalue weighted by atomic mass is 9.96. The van der Waals surface area contributed by atoms with E-state index in [9.17, 15) is 4.79 Å². The largest absolute Gasteiger partial charge is 0.348 e. The highest BCUT2D eigenvalue weighted by Crippen LogP contribution is 2.35. The number of nitrogens with zero attached hydrogens (tertiary/aromatic N) is 4. The Balaban J connectivity index is 1.69. The van der Waals surface area contributed by atoms with Crippen LogP contribution in [0.15, 0.2) is 24.5 Å². The molecule has 0 unspecified atom stereocenters. The average Bonchev–Trinajstić information content (AvgIpc) is 3.26. The van der Waals surface area contributed by atoms with Gasteiger partial charge in [0.15, 0.2) is 5.69 Å². The molecule has 0 radical (unpaired) electrons. The monoisotopic (exact) mass is 380 g/mol. The van der Waals surface area contributed by atoms with E-state index in [1.165, 1.54) is 0 Å². The number of hydrogen-bond donors (Lipinski definition) is 2. The lowest BCUT2D eigenvalue weighted by Crippen LogP contribution is -2.43. The molecule has 148 valence electrons. The van der Waals surface area contributed by atoms with Crippen molar-refractivity contribution in [1.82, 2.24) is 30.0 Å². The summed E-state index contributed by atoms with van der Waals surface area (Å²) in [5, 5.41) is 11.8. The van der Waals surface area contributed by atoms with Crippen molar-refractivity contribution in [3.8, 4) is 11.3 Å². The lowest BCUT2D eigenvalue weighted by molar-refractivity contribution is 0.0910. The molecule has 2 N–H and O–H groups in total. The Hall–Kier alpha value is -2.67. The Morgan fingerprint density at radius 1 is 1.29 bits per heavy atom. The van der Waals surface area contributed by atoms with Crippen molar-refractivity contribution < 1.29 is 4.79 Å². The van der Waals surface area contributed by atoms with Crippen LogP contribution in [-0.4, -0.2) is 56.7 Å². The van der Waals surface area contributed by atoms with E-state index in [2.05, 4.69) is 58.6 Å². The molecular formula is C21H28N6O. The number of likely N-dealkylation sites (tertiary alicyclic amines) is 1. The summed E-state index contributed by atoms with van der Waals surface area (Å²) in [5.41, 5.74) is 4.31. The molecule has 1 saturated heterocycles. The van der Waals surface area contributed by atoms with Gasteiger partial charge in [-0.25, -0.2) is 4.98 Å². The van der Waals surface area contributed by atoms with E-state index in [0.717, 1.165) is 53.8 Å². The summed E-state index contributed by atoms with van der Waals surface area (Å²) in [6, 6.07) is 4.21. The van der Waals surface area contributed by atoms with Crippen molar-refractivity contribution in [1.29, 1.82) is 0 Å². The van der Waals surface area contributed by atoms with Crippen LogP contribution < -0.4 is 5.32 Å². The van der Waals surface area contributed by atoms with E-state index < -0.39 is 0 Å². The number of fused-ring (bicyclic) bond motifs is 1. The van der Waals surface area contributed by atoms with Gasteiger partial charge in [-0.05, 0) is 51.0 Å². The predicted molar refractivity (Wildman–Crippen MR) is 110 cm³/mol. The third kappa shape index (κ3) is 3.30. The molecule has 4 rings (SSSR count). The quantitative estimate of drug-likeness (QED) is 0.729. The maximum absolute atomic E-state index is 13.0. The zero-order valence-electron chi connectivity index (χ0n) is 17.0. The highest BCUT2D eigenvalue weighted by Gasteiger charge is 2.27. The molecule has 4 heterocycles. The number of aromatic nitrogens is 4. The molecule has 7 heteroatoms. The fraction of sp³-hybridized carbons (Fsp3) is 0.476. The van der Waals surface area contributed by atoms with Gasteiger partial charge in [0, 0.05) is 42.0 Å². The molecular weight excluding hydrogens is 352 g/mol. The molecule has 3 aromatic heterocycles. The third-order valence-electron chi connectivity index (χ3n) is 5.65. The van der Waals surface area contributed by atoms with Crippen LogP contribution in [0.2, 0.25) is 0 Å². The second kappa shape index (κ2) is 7.39. The number of nitrogens with one attached hydrogen (secondary N) is 2. The molecule has 0 atom stereocenters. The maximum Gasteiger partial charge on any atom is 0.272 e. The van der Waals surface area contributed by atoms with Crippen molar-refractivity contribution in [2.75, 3.05) is 20.1 Å². The highest BCUT2D eigenvalue weighted by atomic mass is 16.2. The molecule has 0 aromatic carbocycles. The van der Waals surface area contributed by atoms with Crippen LogP contribution in [0.3, 0.4) is 0 Å². The van der Waals surface area contributed by atoms with Crippen LogP contribution in [0.4, 0.5) is 0 Å². The first-order chi connectivity index (χ1) is 13.5. The molecule has 1 aliphatic rings. The first kappa shape index (κ1) is 18.7. The number of piperidine rings is 1. The molecule has 1 aliphatic heterocycles. The van der Waals surface area contributed by atoms with Gasteiger partial charge in [0.05, 0.1) is 5.69 Å². The second-order valence-corrected chi connectivity index (χ2v) is 8.09. The van der Waals surface area contributed by atoms with Crippen LogP contribution in [0, 0.1) is 0 Å². The molecule has 0 aliphatic carbocycles. The molecule has 3 aromatic rings. The summed E-state index contributed by atoms with van der Waals surface area (Å²) >= 11 is 0. The Kier molecular flexibility index (Phi) is 4.93. The van der Waals surface area contributed by atoms with Gasteiger partial charge in [0.1, 0.15) is 5.65 Å². The van der Waals surface area contributed by atoms with Gasteiger partial charge >= 0.3 is 0 Å². The van der Waals surface area contributed by atoms with E-state index in [1.807, 2.05) is 17.7 Å². The number of aryl methyl sites for hydroxylation is 1. The number of carbonyl (C=O) groups is 1. The number of H-pyrrole nitrogens is 1. The van der Waals surface area contributed by atoms with Crippen LogP contribution in [0.25, 0.3) is 22.3 Å². The summed E-state index contributed by atoms with van der Waals surface area (Å²) in [5.74, 6) is 0.0815. The second-order valence-electron chi connectivity index (χ2n) is 8.09. The van der Waals surface area contributed by atoms with E-state index in [-0.39, 0.29) is 17.9 Å². The lowest BCUT2D eigenvalue weighted by Gasteiger charge is -2.29. The normalized spacial score (nSPS) is 16.2. The topological polar surface area (TPSA) is 78.8 Å². The molecule has 0 saturated carbocycles. The van der Waals surface area contributed by atoms with Crippen LogP contribution in [0.1, 0.15) is 48.7 Å². The Morgan fingerprint density at radius 3 is 2.75 bits per heavy atom. The predicted octanol–water partition coefficient (Wildman–Crippen LogP) is 2.91. The van der Waals surface area contributed by atoms with Gasteiger partial charge in [-0.15, -0.1) is 0 Å². The fourth-order valence-electron chi connectivity index (χ4n) is 4.11. The van der Waals surface area contributed by atoms with E-state index in [0.29, 0.717) is 5.69 Å². The van der Waals surface area contributed by atoms with Crippen molar-refractivity contribution >= 4 is 16.9 Å². The number of amides is 1. The summed E-state index contributed by atoms with van der Waals surface area (Å²) < 4.78 is 2.01. The SMILES string of the molecule is CC(C)c1c(C(=O)NC2CCN(C)CC2)n[nH]c1-c1cn(C)c2ncccc12. The van der Waals surface area contributed by atoms with Crippen molar-refractivity contribution in [2.45, 2.75) is 38.6 Å². The molecule has 28 heavy (non-hydrogen) atoms. The van der Waals surface area contributed by atoms with Crippen molar-refractivity contribution in [3.63, 3.8) is 0 Å². The van der Waals surface area contributed by atoms with Crippen LogP contribution in [0.5, 0.6) is 0 Å². The minimum Gasteiger partial charge on any atom is -0.348 e. The Labute approximate surface area is 165 Å². The molecule has 1 amide bonds. The minimum atomic E-state index is -0.0842. The molecule has 7 nitrogen and oxygen atoms in total. The van der Waals surface area contributed by atoms with Crippen molar-refractivity contribution in [2.24, 2.45) is 7.05 Å². The van der Waals surface area contributed by atoms with E-state index in [4.69, 9.17) is 0 Å². The number of aromatic amines is 1. The van der Waals surface area contributed by atoms with Crippen molar-refractivity contribution in [3.05, 3.63) is 35.8 Å². The summed E-state index contributed by atoms with van der Waals surface area (Å²) in [6.07, 6.45) is 5.80. The zero-order valence-corrected chi connectivity index (χ0v) is 17.0. The van der Waals surface area contributed by atoms with Gasteiger partial charge in [-0.3, -0.25) is 9.89 Å². The van der Waals surface area contributed by atoms with Gasteiger partial charge in [0.2, 0.25) is 0 Å². The van der Waals surface area contributed by atoms with Crippen LogP contribution in [-0.2, 0) is 7.05 Å². The third-order valence-corrected chi connectivity index (χ3v) is 5.65. The smallest absolute Gasteiger partial charge is 0.272 e. The molecule has 0 spiro atoms. The standard InChI is InChI=1S/C21H28N6O/c1-13(2)17-18(16-12-27(4)20-15(16)6-5-9-22-20)24-25-19(17)21(28)23-14-7-10-26(3)11-8-14/h5-6,9,12-14H,7-8,10-11H2,1-4H3,(H,23,28)(H,24,25). The van der Waals surface area contributed by atoms with Gasteiger partial charge in [-0.2, -0.15) is 5.10 Å². The molecule has 1 fully saturated rings. The molecule has 0 bridgehead atoms. The average molecular weight is 380 g/mol. The number of hydrogen-bond acceptors (Lipinski definition) is 4. The highest BCUT2D eigenvalue weighted by molar-refractivity contribution is 5.99. The van der Waals surface area contributed by atoms with E-state index in [1.54, 1.807) is 6.20 Å². The van der Waals surface area contributed by atoms with Gasteiger partial charge in [-0.1, -0.05) is 13.8 Å². The summed E-state index contributed by atoms with van der Waals surface area (Å²) in [4.78, 5) is 19.8. The Morgan fingerprint density at radius 2 is 2.04 bits per heavy atom. The first-order valence-electron chi connectivity index (χ1n) is 9.93. The first-order valence-corrected chi connectivity index (χ1v) is 9.93. The maximum atomic E-state index is 13.0. The number of carbonyl (C=O) groups excluding carboxylic acids is 1. The fourth-order valence-corrected chi connectivity index (χ4v) is 4.11. The number of pyridine rings is 1. The van der Waals surface area contributed by atoms with E-state index >= 15 is 0 Å². The Bertz CT molecular complexity index is 994. The number of rotatable bonds is 4. The summed E-state index contributed by atoms with van der Waals surface area (Å²) in [7, 11) is 4.10. The van der Waals surface area contributed by atoms with Gasteiger partial charge < -0.3 is 14.8 Å². The van der Waals surface area contributed by atoms with Crippen LogP contribution >= 0.6 is 0 Å². The zero-order chi connectivity index (χ0) is 19.8. The summed E-state index contributed by atoms with van der Waals surface area (Å²) in [6.45, 7) is 6.22.